The van der Waals surface area contributed by atoms with Crippen molar-refractivity contribution in [2.75, 3.05) is 25.5 Å². The van der Waals surface area contributed by atoms with Crippen molar-refractivity contribution in [3.05, 3.63) is 53.6 Å². The van der Waals surface area contributed by atoms with Gasteiger partial charge in [0.1, 0.15) is 5.75 Å². The molecule has 1 amide bonds. The van der Waals surface area contributed by atoms with Crippen molar-refractivity contribution in [1.29, 1.82) is 0 Å². The van der Waals surface area contributed by atoms with Gasteiger partial charge in [-0.2, -0.15) is 4.31 Å². The fourth-order valence-corrected chi connectivity index (χ4v) is 5.24. The molecule has 0 radical (unpaired) electrons. The number of hydrogen-bond acceptors (Lipinski definition) is 4. The molecule has 0 bridgehead atoms. The van der Waals surface area contributed by atoms with Crippen molar-refractivity contribution in [1.82, 2.24) is 4.31 Å². The van der Waals surface area contributed by atoms with E-state index in [1.165, 1.54) is 0 Å². The van der Waals surface area contributed by atoms with Crippen LogP contribution in [0.1, 0.15) is 36.8 Å². The minimum Gasteiger partial charge on any atom is -0.497 e. The molecule has 1 fully saturated rings. The zero-order valence-electron chi connectivity index (χ0n) is 17.0. The summed E-state index contributed by atoms with van der Waals surface area (Å²) in [4.78, 5) is 12.6. The molecule has 0 unspecified atom stereocenters. The first kappa shape index (κ1) is 21.3. The predicted octanol–water partition coefficient (Wildman–Crippen LogP) is 3.75. The summed E-state index contributed by atoms with van der Waals surface area (Å²) in [6.45, 7) is 2.90. The average Bonchev–Trinajstić information content (AvgIpc) is 2.74. The van der Waals surface area contributed by atoms with Crippen LogP contribution < -0.4 is 10.1 Å². The zero-order valence-corrected chi connectivity index (χ0v) is 17.8. The maximum atomic E-state index is 13.0. The van der Waals surface area contributed by atoms with E-state index >= 15 is 0 Å². The number of nitrogens with zero attached hydrogens (tertiary/aromatic N) is 1. The van der Waals surface area contributed by atoms with Crippen LogP contribution in [0.5, 0.6) is 5.75 Å². The van der Waals surface area contributed by atoms with Crippen LogP contribution in [-0.4, -0.2) is 38.8 Å². The lowest BCUT2D eigenvalue weighted by Gasteiger charge is -2.26. The second-order valence-corrected chi connectivity index (χ2v) is 9.25. The average molecular weight is 417 g/mol. The summed E-state index contributed by atoms with van der Waals surface area (Å²) in [5.74, 6) is 0.631. The van der Waals surface area contributed by atoms with E-state index in [2.05, 4.69) is 5.32 Å². The summed E-state index contributed by atoms with van der Waals surface area (Å²) in [5, 5.41) is 2.83. The molecule has 1 aliphatic heterocycles. The monoisotopic (exact) mass is 416 g/mol. The summed E-state index contributed by atoms with van der Waals surface area (Å²) >= 11 is 0. The van der Waals surface area contributed by atoms with Crippen LogP contribution in [0, 0.1) is 6.92 Å². The van der Waals surface area contributed by atoms with Gasteiger partial charge in [-0.25, -0.2) is 8.42 Å². The molecule has 3 rings (SSSR count). The Hall–Kier alpha value is -2.38. The van der Waals surface area contributed by atoms with Crippen molar-refractivity contribution in [3.63, 3.8) is 0 Å². The van der Waals surface area contributed by atoms with Gasteiger partial charge in [-0.1, -0.05) is 24.6 Å². The van der Waals surface area contributed by atoms with Crippen molar-refractivity contribution < 1.29 is 17.9 Å². The molecule has 1 N–H and O–H groups in total. The number of benzene rings is 2. The summed E-state index contributed by atoms with van der Waals surface area (Å²) in [5.41, 5.74) is 2.23. The highest BCUT2D eigenvalue weighted by Gasteiger charge is 2.27. The van der Waals surface area contributed by atoms with Gasteiger partial charge in [0.25, 0.3) is 0 Å². The van der Waals surface area contributed by atoms with Crippen LogP contribution in [0.2, 0.25) is 0 Å². The lowest BCUT2D eigenvalue weighted by atomic mass is 10.1. The van der Waals surface area contributed by atoms with Crippen molar-refractivity contribution in [2.45, 2.75) is 43.9 Å². The van der Waals surface area contributed by atoms with Crippen LogP contribution in [0.15, 0.2) is 47.4 Å². The van der Waals surface area contributed by atoms with E-state index in [0.29, 0.717) is 37.2 Å². The summed E-state index contributed by atoms with van der Waals surface area (Å²) in [6.07, 6.45) is 3.75. The Morgan fingerprint density at radius 2 is 1.76 bits per heavy atom. The lowest BCUT2D eigenvalue weighted by Crippen LogP contribution is -2.36. The molecule has 1 saturated heterocycles. The molecule has 1 aliphatic rings. The molecule has 29 heavy (non-hydrogen) atoms. The third-order valence-corrected chi connectivity index (χ3v) is 7.25. The molecule has 0 aromatic heterocycles. The van der Waals surface area contributed by atoms with Crippen LogP contribution in [0.4, 0.5) is 5.69 Å². The van der Waals surface area contributed by atoms with Gasteiger partial charge in [0, 0.05) is 25.2 Å². The minimum atomic E-state index is -3.54. The van der Waals surface area contributed by atoms with Gasteiger partial charge in [-0.3, -0.25) is 4.79 Å². The molecular formula is C22H28N2O4S. The maximum absolute atomic E-state index is 13.0. The number of rotatable bonds is 7. The van der Waals surface area contributed by atoms with Crippen molar-refractivity contribution >= 4 is 21.6 Å². The fourth-order valence-electron chi connectivity index (χ4n) is 3.47. The van der Waals surface area contributed by atoms with Gasteiger partial charge in [0.15, 0.2) is 0 Å². The van der Waals surface area contributed by atoms with Crippen LogP contribution >= 0.6 is 0 Å². The van der Waals surface area contributed by atoms with E-state index in [4.69, 9.17) is 4.74 Å². The van der Waals surface area contributed by atoms with Gasteiger partial charge >= 0.3 is 0 Å². The van der Waals surface area contributed by atoms with Crippen LogP contribution in [0.25, 0.3) is 0 Å². The van der Waals surface area contributed by atoms with E-state index < -0.39 is 10.0 Å². The van der Waals surface area contributed by atoms with E-state index in [0.717, 1.165) is 30.6 Å². The third-order valence-electron chi connectivity index (χ3n) is 5.20. The summed E-state index contributed by atoms with van der Waals surface area (Å²) in [6, 6.07) is 12.7. The Balaban J connectivity index is 1.66. The Labute approximate surface area is 172 Å². The quantitative estimate of drug-likeness (QED) is 0.746. The number of amides is 1. The minimum absolute atomic E-state index is 0.147. The molecule has 156 valence electrons. The first-order chi connectivity index (χ1) is 13.9. The molecule has 2 aromatic rings. The number of aryl methyl sites for hydroxylation is 2. The van der Waals surface area contributed by atoms with E-state index in [1.807, 2.05) is 24.3 Å². The molecule has 0 atom stereocenters. The van der Waals surface area contributed by atoms with Crippen LogP contribution in [0.3, 0.4) is 0 Å². The van der Waals surface area contributed by atoms with Crippen molar-refractivity contribution in [2.24, 2.45) is 0 Å². The normalized spacial score (nSPS) is 15.1. The number of piperidine rings is 1. The Morgan fingerprint density at radius 3 is 2.41 bits per heavy atom. The number of methoxy groups -OCH3 is 1. The Kier molecular flexibility index (Phi) is 6.92. The molecule has 6 nitrogen and oxygen atoms in total. The number of ether oxygens (including phenoxy) is 1. The number of hydrogen-bond donors (Lipinski definition) is 1. The first-order valence-corrected chi connectivity index (χ1v) is 11.4. The fraction of sp³-hybridized carbons (Fsp3) is 0.409. The summed E-state index contributed by atoms with van der Waals surface area (Å²) < 4.78 is 32.7. The summed E-state index contributed by atoms with van der Waals surface area (Å²) in [7, 11) is -1.93. The van der Waals surface area contributed by atoms with Gasteiger partial charge in [0.2, 0.25) is 15.9 Å². The molecule has 0 spiro atoms. The number of nitrogens with one attached hydrogen (secondary N) is 1. The zero-order chi connectivity index (χ0) is 20.9. The second kappa shape index (κ2) is 9.41. The van der Waals surface area contributed by atoms with Gasteiger partial charge in [0.05, 0.1) is 12.0 Å². The molecule has 1 heterocycles. The smallest absolute Gasteiger partial charge is 0.243 e. The number of sulfonamides is 1. The maximum Gasteiger partial charge on any atom is 0.243 e. The third kappa shape index (κ3) is 5.36. The highest BCUT2D eigenvalue weighted by molar-refractivity contribution is 7.89. The predicted molar refractivity (Wildman–Crippen MR) is 114 cm³/mol. The second-order valence-electron chi connectivity index (χ2n) is 7.34. The largest absolute Gasteiger partial charge is 0.497 e. The highest BCUT2D eigenvalue weighted by Crippen LogP contribution is 2.26. The Morgan fingerprint density at radius 1 is 1.07 bits per heavy atom. The Bertz CT molecular complexity index is 949. The lowest BCUT2D eigenvalue weighted by molar-refractivity contribution is -0.116. The van der Waals surface area contributed by atoms with Gasteiger partial charge in [-0.15, -0.1) is 0 Å². The molecular weight excluding hydrogens is 388 g/mol. The highest BCUT2D eigenvalue weighted by atomic mass is 32.2. The SMILES string of the molecule is COc1ccc(CCC(=O)Nc2ccc(C)c(S(=O)(=O)N3CCCCC3)c2)cc1. The van der Waals surface area contributed by atoms with E-state index in [1.54, 1.807) is 36.5 Å². The van der Waals surface area contributed by atoms with E-state index in [9.17, 15) is 13.2 Å². The van der Waals surface area contributed by atoms with Crippen LogP contribution in [-0.2, 0) is 21.2 Å². The standard InChI is InChI=1S/C22H28N2O4S/c1-17-6-10-19(16-21(17)29(26,27)24-14-4-3-5-15-24)23-22(25)13-9-18-7-11-20(28-2)12-8-18/h6-8,10-12,16H,3-5,9,13-15H2,1-2H3,(H,23,25). The molecule has 0 saturated carbocycles. The first-order valence-electron chi connectivity index (χ1n) is 9.94. The molecule has 0 aliphatic carbocycles. The number of carbonyl (C=O) groups excluding carboxylic acids is 1. The number of carbonyl (C=O) groups is 1. The van der Waals surface area contributed by atoms with Crippen molar-refractivity contribution in [3.8, 4) is 5.75 Å². The van der Waals surface area contributed by atoms with Gasteiger partial charge < -0.3 is 10.1 Å². The molecule has 7 heteroatoms. The topological polar surface area (TPSA) is 75.7 Å². The van der Waals surface area contributed by atoms with E-state index in [-0.39, 0.29) is 10.8 Å². The van der Waals surface area contributed by atoms with Gasteiger partial charge in [-0.05, 0) is 61.6 Å². The number of anilines is 1. The molecule has 2 aromatic carbocycles.